The van der Waals surface area contributed by atoms with Crippen LogP contribution in [0.15, 0.2) is 61.1 Å². The first-order chi connectivity index (χ1) is 13.2. The van der Waals surface area contributed by atoms with Gasteiger partial charge in [0.15, 0.2) is 0 Å². The van der Waals surface area contributed by atoms with Crippen molar-refractivity contribution in [2.75, 3.05) is 18.0 Å². The lowest BCUT2D eigenvalue weighted by molar-refractivity contribution is 0.100. The van der Waals surface area contributed by atoms with E-state index in [4.69, 9.17) is 5.73 Å². The van der Waals surface area contributed by atoms with Crippen LogP contribution >= 0.6 is 0 Å². The Morgan fingerprint density at radius 3 is 2.78 bits per heavy atom. The number of carbonyl (C=O) groups is 1. The number of anilines is 1. The number of rotatable bonds is 5. The summed E-state index contributed by atoms with van der Waals surface area (Å²) in [6.45, 7) is 2.46. The van der Waals surface area contributed by atoms with Crippen LogP contribution in [0.5, 0.6) is 0 Å². The Morgan fingerprint density at radius 2 is 1.96 bits per heavy atom. The Hall–Kier alpha value is -3.15. The molecule has 1 aliphatic heterocycles. The van der Waals surface area contributed by atoms with Crippen LogP contribution in [0, 0.1) is 0 Å². The predicted octanol–water partition coefficient (Wildman–Crippen LogP) is 2.81. The smallest absolute Gasteiger partial charge is 0.252 e. The number of imidazole rings is 1. The molecule has 0 bridgehead atoms. The summed E-state index contributed by atoms with van der Waals surface area (Å²) in [5.74, 6) is 1.61. The minimum absolute atomic E-state index is 0.292. The van der Waals surface area contributed by atoms with Crippen LogP contribution in [-0.4, -0.2) is 33.5 Å². The van der Waals surface area contributed by atoms with E-state index < -0.39 is 5.91 Å². The van der Waals surface area contributed by atoms with Crippen molar-refractivity contribution in [1.82, 2.24) is 14.5 Å². The molecule has 6 heteroatoms. The zero-order valence-corrected chi connectivity index (χ0v) is 15.2. The van der Waals surface area contributed by atoms with Gasteiger partial charge in [-0.25, -0.2) is 9.97 Å². The molecule has 1 aliphatic rings. The van der Waals surface area contributed by atoms with Gasteiger partial charge in [0.1, 0.15) is 11.6 Å². The summed E-state index contributed by atoms with van der Waals surface area (Å²) in [4.78, 5) is 23.0. The van der Waals surface area contributed by atoms with Gasteiger partial charge in [-0.3, -0.25) is 4.79 Å². The van der Waals surface area contributed by atoms with E-state index in [1.54, 1.807) is 18.3 Å². The first-order valence-corrected chi connectivity index (χ1v) is 9.27. The molecule has 3 heterocycles. The van der Waals surface area contributed by atoms with Crippen molar-refractivity contribution in [1.29, 1.82) is 0 Å². The van der Waals surface area contributed by atoms with Crippen molar-refractivity contribution in [3.05, 3.63) is 78.0 Å². The lowest BCUT2D eigenvalue weighted by Gasteiger charge is -2.34. The average molecular weight is 361 g/mol. The molecule has 1 fully saturated rings. The first kappa shape index (κ1) is 17.3. The van der Waals surface area contributed by atoms with Crippen LogP contribution in [0.2, 0.25) is 0 Å². The topological polar surface area (TPSA) is 77.0 Å². The number of pyridine rings is 1. The third kappa shape index (κ3) is 3.69. The number of hydrogen-bond acceptors (Lipinski definition) is 4. The molecule has 6 nitrogen and oxygen atoms in total. The number of carbonyl (C=O) groups excluding carboxylic acids is 1. The van der Waals surface area contributed by atoms with Gasteiger partial charge < -0.3 is 15.2 Å². The largest absolute Gasteiger partial charge is 0.365 e. The van der Waals surface area contributed by atoms with Crippen molar-refractivity contribution in [3.8, 4) is 0 Å². The quantitative estimate of drug-likeness (QED) is 0.758. The lowest BCUT2D eigenvalue weighted by Crippen LogP contribution is -2.37. The molecule has 0 saturated carbocycles. The van der Waals surface area contributed by atoms with E-state index in [9.17, 15) is 4.79 Å². The number of nitrogens with two attached hydrogens (primary N) is 1. The highest BCUT2D eigenvalue weighted by Crippen LogP contribution is 2.30. The van der Waals surface area contributed by atoms with Crippen molar-refractivity contribution in [3.63, 3.8) is 0 Å². The summed E-state index contributed by atoms with van der Waals surface area (Å²) in [5.41, 5.74) is 7.27. The van der Waals surface area contributed by atoms with E-state index in [0.717, 1.165) is 38.3 Å². The minimum Gasteiger partial charge on any atom is -0.365 e. The minimum atomic E-state index is -0.439. The van der Waals surface area contributed by atoms with Gasteiger partial charge in [0.05, 0.1) is 5.56 Å². The fourth-order valence-electron chi connectivity index (χ4n) is 3.82. The molecule has 0 radical (unpaired) electrons. The number of aromatic nitrogens is 3. The Balaban J connectivity index is 1.56. The number of primary amides is 1. The van der Waals surface area contributed by atoms with E-state index >= 15 is 0 Å². The van der Waals surface area contributed by atoms with E-state index in [0.29, 0.717) is 17.3 Å². The first-order valence-electron chi connectivity index (χ1n) is 9.27. The summed E-state index contributed by atoms with van der Waals surface area (Å²) in [6.07, 6.45) is 7.71. The maximum Gasteiger partial charge on any atom is 0.252 e. The molecule has 1 amide bonds. The highest BCUT2D eigenvalue weighted by Gasteiger charge is 2.27. The molecule has 4 rings (SSSR count). The second-order valence-electron chi connectivity index (χ2n) is 6.92. The van der Waals surface area contributed by atoms with Crippen molar-refractivity contribution in [2.24, 2.45) is 5.73 Å². The normalized spacial score (nSPS) is 17.0. The number of nitrogens with zero attached hydrogens (tertiary/aromatic N) is 4. The molecule has 2 N–H and O–H groups in total. The molecule has 0 spiro atoms. The lowest BCUT2D eigenvalue weighted by atomic mass is 9.96. The van der Waals surface area contributed by atoms with Gasteiger partial charge in [-0.1, -0.05) is 30.3 Å². The fourth-order valence-corrected chi connectivity index (χ4v) is 3.82. The highest BCUT2D eigenvalue weighted by molar-refractivity contribution is 5.97. The van der Waals surface area contributed by atoms with Crippen LogP contribution in [0.25, 0.3) is 0 Å². The van der Waals surface area contributed by atoms with Gasteiger partial charge in [0, 0.05) is 44.1 Å². The van der Waals surface area contributed by atoms with Gasteiger partial charge in [0.25, 0.3) is 5.91 Å². The third-order valence-corrected chi connectivity index (χ3v) is 5.08. The van der Waals surface area contributed by atoms with Crippen molar-refractivity contribution in [2.45, 2.75) is 25.3 Å². The Kier molecular flexibility index (Phi) is 4.87. The Labute approximate surface area is 158 Å². The predicted molar refractivity (Wildman–Crippen MR) is 105 cm³/mol. The van der Waals surface area contributed by atoms with Crippen LogP contribution in [0.1, 0.15) is 40.5 Å². The molecule has 3 aromatic rings. The van der Waals surface area contributed by atoms with Gasteiger partial charge in [-0.05, 0) is 30.5 Å². The molecule has 0 aliphatic carbocycles. The van der Waals surface area contributed by atoms with Gasteiger partial charge in [-0.2, -0.15) is 0 Å². The monoisotopic (exact) mass is 361 g/mol. The Morgan fingerprint density at radius 1 is 1.11 bits per heavy atom. The summed E-state index contributed by atoms with van der Waals surface area (Å²) in [6, 6.07) is 13.9. The molecular weight excluding hydrogens is 338 g/mol. The van der Waals surface area contributed by atoms with Gasteiger partial charge in [-0.15, -0.1) is 0 Å². The van der Waals surface area contributed by atoms with Gasteiger partial charge >= 0.3 is 0 Å². The highest BCUT2D eigenvalue weighted by atomic mass is 16.1. The van der Waals surface area contributed by atoms with Gasteiger partial charge in [0.2, 0.25) is 0 Å². The standard InChI is InChI=1S/C21H23N5O/c22-19(27)18-9-4-10-23-21(18)25-12-5-8-17(15-25)20-24-11-13-26(20)14-16-6-2-1-3-7-16/h1-4,6-7,9-11,13,17H,5,8,12,14-15H2,(H2,22,27)/t17-/m1/s1. The molecule has 1 atom stereocenters. The maximum atomic E-state index is 11.8. The molecule has 2 aromatic heterocycles. The van der Waals surface area contributed by atoms with Crippen molar-refractivity contribution < 1.29 is 4.79 Å². The van der Waals surface area contributed by atoms with E-state index in [1.165, 1.54) is 5.56 Å². The molecule has 1 aromatic carbocycles. The molecule has 0 unspecified atom stereocenters. The number of amides is 1. The number of hydrogen-bond donors (Lipinski definition) is 1. The van der Waals surface area contributed by atoms with Crippen LogP contribution in [-0.2, 0) is 6.54 Å². The second-order valence-corrected chi connectivity index (χ2v) is 6.92. The third-order valence-electron chi connectivity index (χ3n) is 5.08. The van der Waals surface area contributed by atoms with Crippen LogP contribution < -0.4 is 10.6 Å². The number of piperidine rings is 1. The summed E-state index contributed by atoms with van der Waals surface area (Å²) in [7, 11) is 0. The summed E-state index contributed by atoms with van der Waals surface area (Å²) < 4.78 is 2.22. The Bertz CT molecular complexity index is 921. The van der Waals surface area contributed by atoms with Crippen LogP contribution in [0.4, 0.5) is 5.82 Å². The maximum absolute atomic E-state index is 11.8. The molecule has 1 saturated heterocycles. The van der Waals surface area contributed by atoms with Crippen LogP contribution in [0.3, 0.4) is 0 Å². The SMILES string of the molecule is NC(=O)c1cccnc1N1CCC[C@@H](c2nccn2Cc2ccccc2)C1. The second kappa shape index (κ2) is 7.61. The van der Waals surface area contributed by atoms with E-state index in [-0.39, 0.29) is 0 Å². The molecular formula is C21H23N5O. The van der Waals surface area contributed by atoms with Crippen molar-refractivity contribution >= 4 is 11.7 Å². The summed E-state index contributed by atoms with van der Waals surface area (Å²) >= 11 is 0. The summed E-state index contributed by atoms with van der Waals surface area (Å²) in [5, 5.41) is 0. The van der Waals surface area contributed by atoms with E-state index in [2.05, 4.69) is 43.7 Å². The molecule has 138 valence electrons. The fraction of sp³-hybridized carbons (Fsp3) is 0.286. The molecule has 27 heavy (non-hydrogen) atoms. The average Bonchev–Trinajstić information content (AvgIpc) is 3.17. The van der Waals surface area contributed by atoms with E-state index in [1.807, 2.05) is 18.5 Å². The number of benzene rings is 1. The zero-order valence-electron chi connectivity index (χ0n) is 15.2. The zero-order chi connectivity index (χ0) is 18.6.